The van der Waals surface area contributed by atoms with Crippen molar-refractivity contribution in [3.63, 3.8) is 0 Å². The number of benzene rings is 1. The van der Waals surface area contributed by atoms with Crippen molar-refractivity contribution in [3.05, 3.63) is 49.9 Å². The fourth-order valence-corrected chi connectivity index (χ4v) is 2.97. The van der Waals surface area contributed by atoms with Gasteiger partial charge < -0.3 is 5.11 Å². The van der Waals surface area contributed by atoms with E-state index in [1.807, 2.05) is 5.38 Å². The Balaban J connectivity index is 2.36. The van der Waals surface area contributed by atoms with E-state index in [4.69, 9.17) is 23.2 Å². The summed E-state index contributed by atoms with van der Waals surface area (Å²) in [6.07, 6.45) is -0.849. The van der Waals surface area contributed by atoms with Crippen molar-refractivity contribution in [2.75, 3.05) is 0 Å². The van der Waals surface area contributed by atoms with Crippen LogP contribution >= 0.6 is 34.5 Å². The smallest absolute Gasteiger partial charge is 0.123 e. The van der Waals surface area contributed by atoms with Gasteiger partial charge in [0.25, 0.3) is 0 Å². The first-order valence-electron chi connectivity index (χ1n) is 5.88. The van der Waals surface area contributed by atoms with Gasteiger partial charge >= 0.3 is 0 Å². The van der Waals surface area contributed by atoms with Crippen molar-refractivity contribution in [2.24, 2.45) is 0 Å². The van der Waals surface area contributed by atoms with Crippen molar-refractivity contribution >= 4 is 34.5 Å². The highest BCUT2D eigenvalue weighted by molar-refractivity contribution is 7.09. The molecule has 1 aromatic heterocycles. The molecule has 0 aliphatic heterocycles. The molecule has 1 aromatic carbocycles. The van der Waals surface area contributed by atoms with Crippen LogP contribution < -0.4 is 0 Å². The largest absolute Gasteiger partial charge is 0.382 e. The molecular formula is C14H15Cl2NOS. The van der Waals surface area contributed by atoms with Crippen molar-refractivity contribution in [1.29, 1.82) is 0 Å². The summed E-state index contributed by atoms with van der Waals surface area (Å²) in [6.45, 7) is 6.27. The maximum absolute atomic E-state index is 10.4. The lowest BCUT2D eigenvalue weighted by molar-refractivity contribution is 0.215. The number of hydrogen-bond acceptors (Lipinski definition) is 3. The Bertz CT molecular complexity index is 589. The first-order chi connectivity index (χ1) is 8.79. The van der Waals surface area contributed by atoms with Crippen LogP contribution in [0.1, 0.15) is 43.1 Å². The second-order valence-corrected chi connectivity index (χ2v) is 7.10. The minimum Gasteiger partial charge on any atom is -0.382 e. The van der Waals surface area contributed by atoms with Crippen LogP contribution in [0, 0.1) is 0 Å². The highest BCUT2D eigenvalue weighted by Gasteiger charge is 2.22. The molecule has 102 valence electrons. The average molecular weight is 316 g/mol. The summed E-state index contributed by atoms with van der Waals surface area (Å²) in [5, 5.41) is 14.3. The van der Waals surface area contributed by atoms with E-state index in [-0.39, 0.29) is 5.41 Å². The molecule has 0 fully saturated rings. The number of aliphatic hydroxyl groups is 1. The molecule has 1 heterocycles. The van der Waals surface area contributed by atoms with Gasteiger partial charge in [-0.25, -0.2) is 4.98 Å². The van der Waals surface area contributed by atoms with Gasteiger partial charge in [0.2, 0.25) is 0 Å². The molecule has 0 radical (unpaired) electrons. The molecule has 0 aliphatic carbocycles. The fraction of sp³-hybridized carbons (Fsp3) is 0.357. The Kier molecular flexibility index (Phi) is 4.21. The third kappa shape index (κ3) is 3.29. The molecule has 5 heteroatoms. The maximum Gasteiger partial charge on any atom is 0.123 e. The standard InChI is InChI=1S/C14H15Cl2NOS/c1-14(2,3)13-17-11(7-19-13)12(18)9-6-8(15)4-5-10(9)16/h4-7,12,18H,1-3H3. The number of thiazole rings is 1. The molecule has 2 rings (SSSR count). The van der Waals surface area contributed by atoms with E-state index in [0.717, 1.165) is 5.01 Å². The Morgan fingerprint density at radius 1 is 1.26 bits per heavy atom. The monoisotopic (exact) mass is 315 g/mol. The van der Waals surface area contributed by atoms with Crippen molar-refractivity contribution in [1.82, 2.24) is 4.98 Å². The van der Waals surface area contributed by atoms with Crippen LogP contribution in [-0.2, 0) is 5.41 Å². The predicted octanol–water partition coefficient (Wildman–Crippen LogP) is 4.83. The summed E-state index contributed by atoms with van der Waals surface area (Å²) in [6, 6.07) is 5.05. The molecule has 0 bridgehead atoms. The van der Waals surface area contributed by atoms with E-state index in [0.29, 0.717) is 21.3 Å². The lowest BCUT2D eigenvalue weighted by Crippen LogP contribution is -2.11. The Morgan fingerprint density at radius 3 is 2.53 bits per heavy atom. The summed E-state index contributed by atoms with van der Waals surface area (Å²) in [5.41, 5.74) is 1.17. The number of aromatic nitrogens is 1. The van der Waals surface area contributed by atoms with Gasteiger partial charge in [-0.3, -0.25) is 0 Å². The lowest BCUT2D eigenvalue weighted by Gasteiger charge is -2.14. The number of halogens is 2. The summed E-state index contributed by atoms with van der Waals surface area (Å²) in [5.74, 6) is 0. The van der Waals surface area contributed by atoms with Crippen LogP contribution in [0.4, 0.5) is 0 Å². The Hall–Kier alpha value is -0.610. The zero-order valence-electron chi connectivity index (χ0n) is 10.9. The van der Waals surface area contributed by atoms with Gasteiger partial charge in [-0.2, -0.15) is 0 Å². The molecule has 0 aliphatic rings. The second-order valence-electron chi connectivity index (χ2n) is 5.40. The molecule has 1 unspecified atom stereocenters. The molecule has 0 saturated heterocycles. The number of hydrogen-bond donors (Lipinski definition) is 1. The van der Waals surface area contributed by atoms with E-state index in [2.05, 4.69) is 25.8 Å². The topological polar surface area (TPSA) is 33.1 Å². The number of nitrogens with zero attached hydrogens (tertiary/aromatic N) is 1. The van der Waals surface area contributed by atoms with Crippen LogP contribution in [0.5, 0.6) is 0 Å². The van der Waals surface area contributed by atoms with E-state index < -0.39 is 6.10 Å². The van der Waals surface area contributed by atoms with E-state index >= 15 is 0 Å². The van der Waals surface area contributed by atoms with Gasteiger partial charge in [0.05, 0.1) is 10.7 Å². The quantitative estimate of drug-likeness (QED) is 0.861. The van der Waals surface area contributed by atoms with Gasteiger partial charge in [0.15, 0.2) is 0 Å². The molecule has 1 N–H and O–H groups in total. The molecular weight excluding hydrogens is 301 g/mol. The van der Waals surface area contributed by atoms with E-state index in [1.54, 1.807) is 29.5 Å². The van der Waals surface area contributed by atoms with Gasteiger partial charge in [0, 0.05) is 26.4 Å². The van der Waals surface area contributed by atoms with Crippen molar-refractivity contribution in [2.45, 2.75) is 32.3 Å². The third-order valence-corrected chi connectivity index (χ3v) is 4.56. The molecule has 2 aromatic rings. The van der Waals surface area contributed by atoms with Crippen LogP contribution in [0.25, 0.3) is 0 Å². The Labute approximate surface area is 127 Å². The van der Waals surface area contributed by atoms with Gasteiger partial charge in [-0.1, -0.05) is 44.0 Å². The minimum atomic E-state index is -0.849. The molecule has 1 atom stereocenters. The summed E-state index contributed by atoms with van der Waals surface area (Å²) < 4.78 is 0. The van der Waals surface area contributed by atoms with E-state index in [9.17, 15) is 5.11 Å². The Morgan fingerprint density at radius 2 is 1.95 bits per heavy atom. The SMILES string of the molecule is CC(C)(C)c1nc(C(O)c2cc(Cl)ccc2Cl)cs1. The third-order valence-electron chi connectivity index (χ3n) is 2.70. The zero-order chi connectivity index (χ0) is 14.2. The van der Waals surface area contributed by atoms with Crippen molar-refractivity contribution in [3.8, 4) is 0 Å². The minimum absolute atomic E-state index is 0.0270. The lowest BCUT2D eigenvalue weighted by atomic mass is 9.98. The molecule has 19 heavy (non-hydrogen) atoms. The molecule has 2 nitrogen and oxygen atoms in total. The highest BCUT2D eigenvalue weighted by Crippen LogP contribution is 2.33. The second kappa shape index (κ2) is 5.41. The predicted molar refractivity (Wildman–Crippen MR) is 81.3 cm³/mol. The number of aliphatic hydroxyl groups excluding tert-OH is 1. The van der Waals surface area contributed by atoms with Gasteiger partial charge in [-0.15, -0.1) is 11.3 Å². The highest BCUT2D eigenvalue weighted by atomic mass is 35.5. The normalized spacial score (nSPS) is 13.6. The summed E-state index contributed by atoms with van der Waals surface area (Å²) >= 11 is 13.6. The van der Waals surface area contributed by atoms with Crippen LogP contribution in [0.15, 0.2) is 23.6 Å². The fourth-order valence-electron chi connectivity index (χ4n) is 1.64. The van der Waals surface area contributed by atoms with Crippen LogP contribution in [-0.4, -0.2) is 10.1 Å². The van der Waals surface area contributed by atoms with Crippen molar-refractivity contribution < 1.29 is 5.11 Å². The molecule has 0 spiro atoms. The molecule has 0 saturated carbocycles. The van der Waals surface area contributed by atoms with Crippen LogP contribution in [0.3, 0.4) is 0 Å². The average Bonchev–Trinajstić information content (AvgIpc) is 2.80. The summed E-state index contributed by atoms with van der Waals surface area (Å²) in [4.78, 5) is 4.50. The number of rotatable bonds is 2. The maximum atomic E-state index is 10.4. The van der Waals surface area contributed by atoms with Gasteiger partial charge in [-0.05, 0) is 18.2 Å². The molecule has 0 amide bonds. The van der Waals surface area contributed by atoms with E-state index in [1.165, 1.54) is 0 Å². The summed E-state index contributed by atoms with van der Waals surface area (Å²) in [7, 11) is 0. The first kappa shape index (κ1) is 14.8. The van der Waals surface area contributed by atoms with Crippen LogP contribution in [0.2, 0.25) is 10.0 Å². The van der Waals surface area contributed by atoms with Gasteiger partial charge in [0.1, 0.15) is 6.10 Å². The first-order valence-corrected chi connectivity index (χ1v) is 7.51. The zero-order valence-corrected chi connectivity index (χ0v) is 13.3.